The zero-order valence-electron chi connectivity index (χ0n) is 18.1. The van der Waals surface area contributed by atoms with Gasteiger partial charge in [0.05, 0.1) is 0 Å². The third kappa shape index (κ3) is 4.84. The van der Waals surface area contributed by atoms with Crippen molar-refractivity contribution in [2.24, 2.45) is 11.3 Å². The Morgan fingerprint density at radius 2 is 1.48 bits per heavy atom. The van der Waals surface area contributed by atoms with Gasteiger partial charge in [0.2, 0.25) is 5.91 Å². The number of benzene rings is 1. The average Bonchev–Trinajstić information content (AvgIpc) is 2.56. The van der Waals surface area contributed by atoms with Crippen molar-refractivity contribution >= 4 is 11.6 Å². The molecule has 0 aliphatic carbocycles. The maximum Gasteiger partial charge on any atom is 0.228 e. The number of piperazine rings is 1. The van der Waals surface area contributed by atoms with E-state index in [1.165, 1.54) is 11.3 Å². The molecule has 2 aliphatic heterocycles. The molecular formula is C23H37N3O. The monoisotopic (exact) mass is 371 g/mol. The maximum atomic E-state index is 12.4. The molecule has 1 amide bonds. The van der Waals surface area contributed by atoms with Crippen LogP contribution >= 0.6 is 0 Å². The Labute approximate surface area is 165 Å². The van der Waals surface area contributed by atoms with Gasteiger partial charge in [0, 0.05) is 62.8 Å². The molecule has 2 fully saturated rings. The van der Waals surface area contributed by atoms with E-state index in [1.54, 1.807) is 0 Å². The van der Waals surface area contributed by atoms with Gasteiger partial charge in [-0.1, -0.05) is 53.7 Å². The summed E-state index contributed by atoms with van der Waals surface area (Å²) < 4.78 is 0. The first-order valence-corrected chi connectivity index (χ1v) is 10.4. The fourth-order valence-electron chi connectivity index (χ4n) is 4.04. The van der Waals surface area contributed by atoms with Crippen LogP contribution in [0.5, 0.6) is 0 Å². The molecule has 4 heteroatoms. The Balaban J connectivity index is 1.42. The van der Waals surface area contributed by atoms with E-state index in [2.05, 4.69) is 54.8 Å². The molecule has 0 N–H and O–H groups in total. The van der Waals surface area contributed by atoms with E-state index in [-0.39, 0.29) is 16.7 Å². The average molecular weight is 372 g/mol. The van der Waals surface area contributed by atoms with Crippen LogP contribution in [0.4, 0.5) is 5.69 Å². The second-order valence-electron chi connectivity index (χ2n) is 10.4. The first-order valence-electron chi connectivity index (χ1n) is 10.4. The van der Waals surface area contributed by atoms with Gasteiger partial charge in [-0.3, -0.25) is 9.69 Å². The summed E-state index contributed by atoms with van der Waals surface area (Å²) in [4.78, 5) is 19.5. The Hall–Kier alpha value is -1.55. The standard InChI is InChI=1S/C23H37N3O/c1-22(2,3)19-7-9-20(10-8-19)26-16-18(17-26)15-24-11-13-25(14-12-24)21(27)23(4,5)6/h7-10,18H,11-17H2,1-6H3. The predicted octanol–water partition coefficient (Wildman–Crippen LogP) is 3.61. The molecule has 0 saturated carbocycles. The molecule has 0 radical (unpaired) electrons. The molecule has 0 aromatic heterocycles. The van der Waals surface area contributed by atoms with E-state index in [0.29, 0.717) is 0 Å². The molecule has 1 aromatic carbocycles. The van der Waals surface area contributed by atoms with Crippen LogP contribution in [0.3, 0.4) is 0 Å². The zero-order chi connectivity index (χ0) is 19.8. The summed E-state index contributed by atoms with van der Waals surface area (Å²) in [6.45, 7) is 20.1. The number of hydrogen-bond acceptors (Lipinski definition) is 3. The lowest BCUT2D eigenvalue weighted by atomic mass is 9.87. The van der Waals surface area contributed by atoms with Crippen molar-refractivity contribution in [1.82, 2.24) is 9.80 Å². The van der Waals surface area contributed by atoms with Gasteiger partial charge in [-0.15, -0.1) is 0 Å². The second-order valence-corrected chi connectivity index (χ2v) is 10.4. The number of hydrogen-bond donors (Lipinski definition) is 0. The molecule has 1 aromatic rings. The molecule has 2 aliphatic rings. The van der Waals surface area contributed by atoms with Crippen molar-refractivity contribution in [1.29, 1.82) is 0 Å². The quantitative estimate of drug-likeness (QED) is 0.812. The molecule has 4 nitrogen and oxygen atoms in total. The topological polar surface area (TPSA) is 26.8 Å². The predicted molar refractivity (Wildman–Crippen MR) is 113 cm³/mol. The highest BCUT2D eigenvalue weighted by atomic mass is 16.2. The van der Waals surface area contributed by atoms with Crippen LogP contribution in [0.1, 0.15) is 47.1 Å². The van der Waals surface area contributed by atoms with Crippen LogP contribution in [0.25, 0.3) is 0 Å². The van der Waals surface area contributed by atoms with Gasteiger partial charge in [0.15, 0.2) is 0 Å². The number of rotatable bonds is 3. The first kappa shape index (κ1) is 20.2. The largest absolute Gasteiger partial charge is 0.371 e. The van der Waals surface area contributed by atoms with Crippen LogP contribution in [0.2, 0.25) is 0 Å². The van der Waals surface area contributed by atoms with Gasteiger partial charge in [-0.25, -0.2) is 0 Å². The van der Waals surface area contributed by atoms with Gasteiger partial charge >= 0.3 is 0 Å². The van der Waals surface area contributed by atoms with Crippen LogP contribution in [-0.4, -0.2) is 61.5 Å². The highest BCUT2D eigenvalue weighted by molar-refractivity contribution is 5.81. The highest BCUT2D eigenvalue weighted by Crippen LogP contribution is 2.29. The van der Waals surface area contributed by atoms with Crippen molar-refractivity contribution in [2.75, 3.05) is 50.7 Å². The SMILES string of the molecule is CC(C)(C)C(=O)N1CCN(CC2CN(c3ccc(C(C)(C)C)cc3)C2)CC1. The summed E-state index contributed by atoms with van der Waals surface area (Å²) in [5, 5.41) is 0. The minimum absolute atomic E-state index is 0.215. The van der Waals surface area contributed by atoms with Crippen LogP contribution < -0.4 is 4.90 Å². The van der Waals surface area contributed by atoms with Crippen LogP contribution in [0, 0.1) is 11.3 Å². The summed E-state index contributed by atoms with van der Waals surface area (Å²) in [7, 11) is 0. The van der Waals surface area contributed by atoms with E-state index in [0.717, 1.165) is 51.7 Å². The lowest BCUT2D eigenvalue weighted by Gasteiger charge is -2.45. The molecule has 2 heterocycles. The Kier molecular flexibility index (Phi) is 5.58. The molecular weight excluding hydrogens is 334 g/mol. The fraction of sp³-hybridized carbons (Fsp3) is 0.696. The Bertz CT molecular complexity index is 640. The van der Waals surface area contributed by atoms with Gasteiger partial charge < -0.3 is 9.80 Å². The molecule has 150 valence electrons. The molecule has 2 saturated heterocycles. The number of carbonyl (C=O) groups excluding carboxylic acids is 1. The summed E-state index contributed by atoms with van der Waals surface area (Å²) in [6, 6.07) is 9.09. The maximum absolute atomic E-state index is 12.4. The molecule has 0 spiro atoms. The van der Waals surface area contributed by atoms with E-state index in [1.807, 2.05) is 25.7 Å². The van der Waals surface area contributed by atoms with Crippen LogP contribution in [0.15, 0.2) is 24.3 Å². The third-order valence-corrected chi connectivity index (χ3v) is 5.87. The molecule has 0 unspecified atom stereocenters. The number of anilines is 1. The van der Waals surface area contributed by atoms with E-state index in [9.17, 15) is 4.79 Å². The Morgan fingerprint density at radius 3 is 1.96 bits per heavy atom. The van der Waals surface area contributed by atoms with E-state index in [4.69, 9.17) is 0 Å². The summed E-state index contributed by atoms with van der Waals surface area (Å²) in [5.41, 5.74) is 2.69. The Morgan fingerprint density at radius 1 is 0.926 bits per heavy atom. The van der Waals surface area contributed by atoms with Gasteiger partial charge in [0.25, 0.3) is 0 Å². The van der Waals surface area contributed by atoms with Crippen molar-refractivity contribution in [2.45, 2.75) is 47.0 Å². The molecule has 0 atom stereocenters. The fourth-order valence-corrected chi connectivity index (χ4v) is 4.04. The smallest absolute Gasteiger partial charge is 0.228 e. The molecule has 0 bridgehead atoms. The van der Waals surface area contributed by atoms with Gasteiger partial charge in [0.1, 0.15) is 0 Å². The number of amides is 1. The van der Waals surface area contributed by atoms with Crippen molar-refractivity contribution in [3.63, 3.8) is 0 Å². The van der Waals surface area contributed by atoms with Crippen molar-refractivity contribution in [3.05, 3.63) is 29.8 Å². The number of carbonyl (C=O) groups is 1. The number of nitrogens with zero attached hydrogens (tertiary/aromatic N) is 3. The molecule has 3 rings (SSSR count). The van der Waals surface area contributed by atoms with E-state index < -0.39 is 0 Å². The summed E-state index contributed by atoms with van der Waals surface area (Å²) >= 11 is 0. The first-order chi connectivity index (χ1) is 12.5. The third-order valence-electron chi connectivity index (χ3n) is 5.87. The van der Waals surface area contributed by atoms with Crippen molar-refractivity contribution < 1.29 is 4.79 Å². The van der Waals surface area contributed by atoms with Crippen LogP contribution in [-0.2, 0) is 10.2 Å². The molecule has 27 heavy (non-hydrogen) atoms. The lowest BCUT2D eigenvalue weighted by Crippen LogP contribution is -2.56. The zero-order valence-corrected chi connectivity index (χ0v) is 18.1. The van der Waals surface area contributed by atoms with Gasteiger partial charge in [-0.05, 0) is 23.1 Å². The summed E-state index contributed by atoms with van der Waals surface area (Å²) in [5.74, 6) is 1.04. The lowest BCUT2D eigenvalue weighted by molar-refractivity contribution is -0.141. The minimum Gasteiger partial charge on any atom is -0.371 e. The second kappa shape index (κ2) is 7.46. The highest BCUT2D eigenvalue weighted by Gasteiger charge is 2.32. The van der Waals surface area contributed by atoms with E-state index >= 15 is 0 Å². The normalized spacial score (nSPS) is 19.9. The minimum atomic E-state index is -0.265. The van der Waals surface area contributed by atoms with Crippen molar-refractivity contribution in [3.8, 4) is 0 Å². The van der Waals surface area contributed by atoms with Gasteiger partial charge in [-0.2, -0.15) is 0 Å². The summed E-state index contributed by atoms with van der Waals surface area (Å²) in [6.07, 6.45) is 0.